The number of rotatable bonds is 6. The fourth-order valence-corrected chi connectivity index (χ4v) is 2.60. The molecule has 1 atom stereocenters. The van der Waals surface area contributed by atoms with Crippen LogP contribution < -0.4 is 10.6 Å². The number of imidazole rings is 1. The van der Waals surface area contributed by atoms with Gasteiger partial charge in [-0.05, 0) is 37.3 Å². The predicted octanol–water partition coefficient (Wildman–Crippen LogP) is 2.04. The lowest BCUT2D eigenvalue weighted by atomic mass is 10.1. The molecule has 3 N–H and O–H groups in total. The van der Waals surface area contributed by atoms with Gasteiger partial charge in [0.15, 0.2) is 0 Å². The van der Waals surface area contributed by atoms with Gasteiger partial charge in [-0.15, -0.1) is 0 Å². The van der Waals surface area contributed by atoms with Crippen LogP contribution >= 0.6 is 0 Å². The zero-order valence-electron chi connectivity index (χ0n) is 15.0. The van der Waals surface area contributed by atoms with E-state index in [0.29, 0.717) is 28.4 Å². The van der Waals surface area contributed by atoms with Gasteiger partial charge < -0.3 is 24.7 Å². The Morgan fingerprint density at radius 3 is 2.56 bits per heavy atom. The molecule has 8 nitrogen and oxygen atoms in total. The molecule has 2 amide bonds. The Balaban J connectivity index is 1.56. The Bertz CT molecular complexity index is 943. The predicted molar refractivity (Wildman–Crippen MR) is 98.3 cm³/mol. The molecule has 3 aromatic rings. The summed E-state index contributed by atoms with van der Waals surface area (Å²) in [4.78, 5) is 28.4. The average molecular weight is 368 g/mol. The molecule has 0 aliphatic rings. The van der Waals surface area contributed by atoms with Gasteiger partial charge in [-0.2, -0.15) is 0 Å². The smallest absolute Gasteiger partial charge is 0.259 e. The van der Waals surface area contributed by atoms with Crippen molar-refractivity contribution in [1.29, 1.82) is 0 Å². The molecular formula is C19H20N4O4. The summed E-state index contributed by atoms with van der Waals surface area (Å²) < 4.78 is 6.80. The van der Waals surface area contributed by atoms with Crippen molar-refractivity contribution in [3.05, 3.63) is 71.7 Å². The van der Waals surface area contributed by atoms with E-state index in [0.717, 1.165) is 0 Å². The number of carbonyl (C=O) groups is 2. The van der Waals surface area contributed by atoms with Crippen LogP contribution in [-0.4, -0.2) is 33.0 Å². The third kappa shape index (κ3) is 4.24. The lowest BCUT2D eigenvalue weighted by Gasteiger charge is -2.12. The van der Waals surface area contributed by atoms with E-state index in [2.05, 4.69) is 15.6 Å². The number of aryl methyl sites for hydroxylation is 2. The molecule has 3 rings (SSSR count). The Labute approximate surface area is 155 Å². The van der Waals surface area contributed by atoms with Crippen molar-refractivity contribution in [2.24, 2.45) is 7.05 Å². The molecule has 0 saturated heterocycles. The number of carbonyl (C=O) groups excluding carboxylic acids is 2. The molecule has 0 aliphatic carbocycles. The first-order valence-electron chi connectivity index (χ1n) is 8.34. The number of aliphatic hydroxyl groups is 1. The van der Waals surface area contributed by atoms with Gasteiger partial charge in [0, 0.05) is 30.7 Å². The molecule has 2 aromatic heterocycles. The van der Waals surface area contributed by atoms with Gasteiger partial charge in [0.25, 0.3) is 11.8 Å². The third-order valence-electron chi connectivity index (χ3n) is 4.12. The highest BCUT2D eigenvalue weighted by Gasteiger charge is 2.15. The third-order valence-corrected chi connectivity index (χ3v) is 4.12. The summed E-state index contributed by atoms with van der Waals surface area (Å²) in [5.41, 5.74) is 1.44. The van der Waals surface area contributed by atoms with E-state index < -0.39 is 6.10 Å². The van der Waals surface area contributed by atoms with Crippen LogP contribution in [0.15, 0.2) is 53.4 Å². The van der Waals surface area contributed by atoms with Gasteiger partial charge in [0.2, 0.25) is 0 Å². The van der Waals surface area contributed by atoms with Gasteiger partial charge in [0.05, 0.1) is 18.4 Å². The first-order valence-corrected chi connectivity index (χ1v) is 8.34. The van der Waals surface area contributed by atoms with Crippen molar-refractivity contribution in [1.82, 2.24) is 14.9 Å². The second kappa shape index (κ2) is 7.88. The Kier molecular flexibility index (Phi) is 5.37. The van der Waals surface area contributed by atoms with Crippen molar-refractivity contribution in [3.8, 4) is 0 Å². The van der Waals surface area contributed by atoms with E-state index in [1.165, 1.54) is 6.26 Å². The molecule has 0 radical (unpaired) electrons. The fraction of sp³-hybridized carbons (Fsp3) is 0.211. The molecule has 0 fully saturated rings. The van der Waals surface area contributed by atoms with Crippen LogP contribution in [0.2, 0.25) is 0 Å². The number of nitrogens with one attached hydrogen (secondary N) is 2. The Morgan fingerprint density at radius 2 is 1.96 bits per heavy atom. The summed E-state index contributed by atoms with van der Waals surface area (Å²) in [7, 11) is 1.77. The highest BCUT2D eigenvalue weighted by Crippen LogP contribution is 2.15. The maximum Gasteiger partial charge on any atom is 0.259 e. The lowest BCUT2D eigenvalue weighted by Crippen LogP contribution is -2.29. The topological polar surface area (TPSA) is 109 Å². The molecule has 0 bridgehead atoms. The van der Waals surface area contributed by atoms with E-state index in [-0.39, 0.29) is 18.4 Å². The van der Waals surface area contributed by atoms with E-state index in [9.17, 15) is 14.7 Å². The second-order valence-electron chi connectivity index (χ2n) is 6.04. The SMILES string of the molecule is Cc1occc1C(=O)Nc1ccc(C(=O)NC[C@@H](O)c2nccn2C)cc1. The van der Waals surface area contributed by atoms with Crippen molar-refractivity contribution in [2.45, 2.75) is 13.0 Å². The molecular weight excluding hydrogens is 348 g/mol. The molecule has 2 heterocycles. The average Bonchev–Trinajstić information content (AvgIpc) is 3.28. The van der Waals surface area contributed by atoms with E-state index in [4.69, 9.17) is 4.42 Å². The number of furan rings is 1. The van der Waals surface area contributed by atoms with E-state index >= 15 is 0 Å². The number of aliphatic hydroxyl groups excluding tert-OH is 1. The largest absolute Gasteiger partial charge is 0.469 e. The van der Waals surface area contributed by atoms with Gasteiger partial charge in [-0.25, -0.2) is 4.98 Å². The molecule has 1 aromatic carbocycles. The van der Waals surface area contributed by atoms with E-state index in [1.54, 1.807) is 61.3 Å². The number of benzene rings is 1. The molecule has 27 heavy (non-hydrogen) atoms. The van der Waals surface area contributed by atoms with Crippen LogP contribution in [0.3, 0.4) is 0 Å². The molecule has 0 spiro atoms. The van der Waals surface area contributed by atoms with E-state index in [1.807, 2.05) is 0 Å². The maximum atomic E-state index is 12.2. The van der Waals surface area contributed by atoms with Crippen molar-refractivity contribution >= 4 is 17.5 Å². The van der Waals surface area contributed by atoms with Gasteiger partial charge in [-0.1, -0.05) is 0 Å². The van der Waals surface area contributed by atoms with Crippen LogP contribution in [0.25, 0.3) is 0 Å². The summed E-state index contributed by atoms with van der Waals surface area (Å²) in [5.74, 6) is 0.404. The van der Waals surface area contributed by atoms with Gasteiger partial charge in [0.1, 0.15) is 17.7 Å². The lowest BCUT2D eigenvalue weighted by molar-refractivity contribution is 0.0909. The van der Waals surface area contributed by atoms with Gasteiger partial charge in [-0.3, -0.25) is 9.59 Å². The summed E-state index contributed by atoms with van der Waals surface area (Å²) >= 11 is 0. The summed E-state index contributed by atoms with van der Waals surface area (Å²) in [5, 5.41) is 15.5. The number of aromatic nitrogens is 2. The molecule has 0 unspecified atom stereocenters. The van der Waals surface area contributed by atoms with Gasteiger partial charge >= 0.3 is 0 Å². The highest BCUT2D eigenvalue weighted by atomic mass is 16.3. The van der Waals surface area contributed by atoms with Crippen molar-refractivity contribution in [2.75, 3.05) is 11.9 Å². The first-order chi connectivity index (χ1) is 13.0. The molecule has 140 valence electrons. The highest BCUT2D eigenvalue weighted by molar-refractivity contribution is 6.05. The minimum absolute atomic E-state index is 0.0436. The normalized spacial score (nSPS) is 11.8. The molecule has 0 saturated carbocycles. The Morgan fingerprint density at radius 1 is 1.22 bits per heavy atom. The molecule has 8 heteroatoms. The maximum absolute atomic E-state index is 12.2. The monoisotopic (exact) mass is 368 g/mol. The van der Waals surface area contributed by atoms with Crippen LogP contribution in [0.1, 0.15) is 38.4 Å². The van der Waals surface area contributed by atoms with Crippen LogP contribution in [-0.2, 0) is 7.05 Å². The minimum atomic E-state index is -0.897. The van der Waals surface area contributed by atoms with Crippen LogP contribution in [0, 0.1) is 6.92 Å². The number of hydrogen-bond acceptors (Lipinski definition) is 5. The Hall–Kier alpha value is -3.39. The zero-order chi connectivity index (χ0) is 19.4. The number of amides is 2. The number of hydrogen-bond donors (Lipinski definition) is 3. The standard InChI is InChI=1S/C19H20N4O4/c1-12-15(7-10-27-12)19(26)22-14-5-3-13(4-6-14)18(25)21-11-16(24)17-20-8-9-23(17)2/h3-10,16,24H,11H2,1-2H3,(H,21,25)(H,22,26)/t16-/m1/s1. The van der Waals surface area contributed by atoms with Crippen molar-refractivity contribution in [3.63, 3.8) is 0 Å². The van der Waals surface area contributed by atoms with Crippen LogP contribution in [0.5, 0.6) is 0 Å². The minimum Gasteiger partial charge on any atom is -0.469 e. The van der Waals surface area contributed by atoms with Crippen molar-refractivity contribution < 1.29 is 19.1 Å². The second-order valence-corrected chi connectivity index (χ2v) is 6.04. The summed E-state index contributed by atoms with van der Waals surface area (Å²) in [6.07, 6.45) is 3.86. The summed E-state index contributed by atoms with van der Waals surface area (Å²) in [6, 6.07) is 8.06. The quantitative estimate of drug-likeness (QED) is 0.617. The summed E-state index contributed by atoms with van der Waals surface area (Å²) in [6.45, 7) is 1.75. The fourth-order valence-electron chi connectivity index (χ4n) is 2.60. The van der Waals surface area contributed by atoms with Crippen LogP contribution in [0.4, 0.5) is 5.69 Å². The zero-order valence-corrected chi connectivity index (χ0v) is 15.0. The first kappa shape index (κ1) is 18.4. The number of anilines is 1. The molecule has 0 aliphatic heterocycles. The number of nitrogens with zero attached hydrogens (tertiary/aromatic N) is 2.